The Kier molecular flexibility index (Phi) is 3.18. The maximum absolute atomic E-state index is 13.1. The van der Waals surface area contributed by atoms with Gasteiger partial charge in [-0.15, -0.1) is 0 Å². The van der Waals surface area contributed by atoms with Gasteiger partial charge in [-0.05, 0) is 30.2 Å². The molecule has 1 atom stereocenters. The van der Waals surface area contributed by atoms with Crippen LogP contribution in [0.3, 0.4) is 0 Å². The van der Waals surface area contributed by atoms with Gasteiger partial charge in [0.15, 0.2) is 0 Å². The van der Waals surface area contributed by atoms with E-state index in [9.17, 15) is 9.50 Å². The molecule has 1 fully saturated rings. The van der Waals surface area contributed by atoms with Crippen molar-refractivity contribution in [1.29, 1.82) is 5.26 Å². The molecule has 1 aliphatic rings. The molecule has 0 aliphatic carbocycles. The highest BCUT2D eigenvalue weighted by atomic mass is 19.1. The zero-order valence-electron chi connectivity index (χ0n) is 8.86. The Morgan fingerprint density at radius 3 is 3.00 bits per heavy atom. The highest BCUT2D eigenvalue weighted by molar-refractivity contribution is 5.37. The van der Waals surface area contributed by atoms with Crippen molar-refractivity contribution in [3.05, 3.63) is 35.1 Å². The Labute approximate surface area is 93.7 Å². The van der Waals surface area contributed by atoms with Gasteiger partial charge in [0.1, 0.15) is 5.82 Å². The topological polar surface area (TPSA) is 47.3 Å². The van der Waals surface area contributed by atoms with Crippen molar-refractivity contribution in [3.8, 4) is 6.07 Å². The quantitative estimate of drug-likeness (QED) is 0.816. The number of likely N-dealkylation sites (tertiary alicyclic amines) is 1. The van der Waals surface area contributed by atoms with Crippen molar-refractivity contribution in [2.75, 3.05) is 13.1 Å². The van der Waals surface area contributed by atoms with Crippen molar-refractivity contribution in [3.63, 3.8) is 0 Å². The highest BCUT2D eigenvalue weighted by Gasteiger charge is 2.20. The van der Waals surface area contributed by atoms with E-state index in [0.717, 1.165) is 13.0 Å². The van der Waals surface area contributed by atoms with Gasteiger partial charge in [-0.1, -0.05) is 0 Å². The Morgan fingerprint density at radius 2 is 2.38 bits per heavy atom. The van der Waals surface area contributed by atoms with Crippen LogP contribution in [0.4, 0.5) is 4.39 Å². The van der Waals surface area contributed by atoms with Crippen LogP contribution in [0.1, 0.15) is 17.5 Å². The van der Waals surface area contributed by atoms with Gasteiger partial charge < -0.3 is 5.11 Å². The number of aliphatic hydroxyl groups excluding tert-OH is 1. The summed E-state index contributed by atoms with van der Waals surface area (Å²) in [5.41, 5.74) is 1.19. The first-order valence-electron chi connectivity index (χ1n) is 5.28. The fraction of sp³-hybridized carbons (Fsp3) is 0.417. The molecule has 1 N–H and O–H groups in total. The predicted molar refractivity (Wildman–Crippen MR) is 57.0 cm³/mol. The van der Waals surface area contributed by atoms with Crippen LogP contribution in [0, 0.1) is 17.1 Å². The van der Waals surface area contributed by atoms with Gasteiger partial charge in [-0.25, -0.2) is 4.39 Å². The van der Waals surface area contributed by atoms with Gasteiger partial charge in [0.25, 0.3) is 0 Å². The Hall–Kier alpha value is -1.44. The summed E-state index contributed by atoms with van der Waals surface area (Å²) in [5, 5.41) is 18.3. The van der Waals surface area contributed by atoms with Crippen molar-refractivity contribution >= 4 is 0 Å². The molecule has 4 heteroatoms. The molecule has 1 saturated heterocycles. The van der Waals surface area contributed by atoms with Gasteiger partial charge in [0, 0.05) is 19.6 Å². The summed E-state index contributed by atoms with van der Waals surface area (Å²) in [4.78, 5) is 2.03. The molecule has 16 heavy (non-hydrogen) atoms. The molecule has 1 aromatic carbocycles. The molecular weight excluding hydrogens is 207 g/mol. The number of β-amino-alcohol motifs (C(OH)–C–C–N with tert-alkyl or cyclic N) is 1. The van der Waals surface area contributed by atoms with E-state index in [2.05, 4.69) is 6.07 Å². The number of rotatable bonds is 2. The minimum atomic E-state index is -0.325. The molecule has 1 unspecified atom stereocenters. The molecule has 0 saturated carbocycles. The average Bonchev–Trinajstić information content (AvgIpc) is 2.64. The second-order valence-corrected chi connectivity index (χ2v) is 4.09. The third kappa shape index (κ3) is 2.38. The van der Waals surface area contributed by atoms with E-state index < -0.39 is 0 Å². The summed E-state index contributed by atoms with van der Waals surface area (Å²) >= 11 is 0. The van der Waals surface area contributed by atoms with E-state index >= 15 is 0 Å². The maximum Gasteiger partial charge on any atom is 0.123 e. The fourth-order valence-corrected chi connectivity index (χ4v) is 2.00. The minimum Gasteiger partial charge on any atom is -0.392 e. The van der Waals surface area contributed by atoms with E-state index in [0.29, 0.717) is 24.2 Å². The van der Waals surface area contributed by atoms with Gasteiger partial charge in [0.2, 0.25) is 0 Å². The number of benzene rings is 1. The molecule has 1 aliphatic heterocycles. The zero-order chi connectivity index (χ0) is 11.5. The van der Waals surface area contributed by atoms with Crippen molar-refractivity contribution in [1.82, 2.24) is 4.90 Å². The number of aliphatic hydroxyl groups is 1. The zero-order valence-corrected chi connectivity index (χ0v) is 8.86. The first-order valence-corrected chi connectivity index (χ1v) is 5.28. The normalized spacial score (nSPS) is 20.9. The summed E-state index contributed by atoms with van der Waals surface area (Å²) in [6, 6.07) is 6.23. The smallest absolute Gasteiger partial charge is 0.123 e. The summed E-state index contributed by atoms with van der Waals surface area (Å²) in [6.45, 7) is 1.92. The molecule has 1 aromatic rings. The van der Waals surface area contributed by atoms with Crippen LogP contribution < -0.4 is 0 Å². The maximum atomic E-state index is 13.1. The Balaban J connectivity index is 2.14. The van der Waals surface area contributed by atoms with Gasteiger partial charge in [-0.3, -0.25) is 4.90 Å². The van der Waals surface area contributed by atoms with Crippen LogP contribution in [0.2, 0.25) is 0 Å². The average molecular weight is 220 g/mol. The lowest BCUT2D eigenvalue weighted by atomic mass is 10.1. The van der Waals surface area contributed by atoms with E-state index in [4.69, 9.17) is 5.26 Å². The van der Waals surface area contributed by atoms with Crippen molar-refractivity contribution < 1.29 is 9.50 Å². The van der Waals surface area contributed by atoms with Gasteiger partial charge in [-0.2, -0.15) is 5.26 Å². The standard InChI is InChI=1S/C12H13FN2O/c13-11-2-1-9(6-14)10(5-11)7-15-4-3-12(16)8-15/h1-2,5,12,16H,3-4,7-8H2. The number of nitriles is 1. The molecule has 0 aromatic heterocycles. The van der Waals surface area contributed by atoms with Crippen LogP contribution in [0.25, 0.3) is 0 Å². The van der Waals surface area contributed by atoms with E-state index in [1.807, 2.05) is 4.90 Å². The Morgan fingerprint density at radius 1 is 1.56 bits per heavy atom. The number of hydrogen-bond acceptors (Lipinski definition) is 3. The first kappa shape index (κ1) is 11.1. The lowest BCUT2D eigenvalue weighted by molar-refractivity contribution is 0.174. The second-order valence-electron chi connectivity index (χ2n) is 4.09. The number of nitrogens with zero attached hydrogens (tertiary/aromatic N) is 2. The SMILES string of the molecule is N#Cc1ccc(F)cc1CN1CCC(O)C1. The van der Waals surface area contributed by atoms with Crippen molar-refractivity contribution in [2.24, 2.45) is 0 Å². The molecule has 0 spiro atoms. The lowest BCUT2D eigenvalue weighted by Crippen LogP contribution is -2.22. The third-order valence-electron chi connectivity index (χ3n) is 2.83. The first-order chi connectivity index (χ1) is 7.69. The molecule has 84 valence electrons. The number of hydrogen-bond donors (Lipinski definition) is 1. The summed E-state index contributed by atoms with van der Waals surface area (Å²) in [5.74, 6) is -0.325. The summed E-state index contributed by atoms with van der Waals surface area (Å²) in [7, 11) is 0. The molecule has 0 bridgehead atoms. The number of halogens is 1. The fourth-order valence-electron chi connectivity index (χ4n) is 2.00. The molecule has 3 nitrogen and oxygen atoms in total. The lowest BCUT2D eigenvalue weighted by Gasteiger charge is -2.15. The molecular formula is C12H13FN2O. The Bertz CT molecular complexity index is 428. The largest absolute Gasteiger partial charge is 0.392 e. The van der Waals surface area contributed by atoms with E-state index in [1.165, 1.54) is 18.2 Å². The predicted octanol–water partition coefficient (Wildman–Crippen LogP) is 1.26. The molecule has 0 radical (unpaired) electrons. The molecule has 0 amide bonds. The summed E-state index contributed by atoms with van der Waals surface area (Å²) < 4.78 is 13.1. The molecule has 1 heterocycles. The highest BCUT2D eigenvalue weighted by Crippen LogP contribution is 2.17. The third-order valence-corrected chi connectivity index (χ3v) is 2.83. The van der Waals surface area contributed by atoms with Gasteiger partial charge >= 0.3 is 0 Å². The van der Waals surface area contributed by atoms with Gasteiger partial charge in [0.05, 0.1) is 17.7 Å². The monoisotopic (exact) mass is 220 g/mol. The van der Waals surface area contributed by atoms with Crippen LogP contribution in [-0.2, 0) is 6.54 Å². The summed E-state index contributed by atoms with van der Waals surface area (Å²) in [6.07, 6.45) is 0.455. The van der Waals surface area contributed by atoms with Crippen LogP contribution in [0.15, 0.2) is 18.2 Å². The van der Waals surface area contributed by atoms with Crippen LogP contribution in [-0.4, -0.2) is 29.2 Å². The molecule has 2 rings (SSSR count). The van der Waals surface area contributed by atoms with Crippen LogP contribution >= 0.6 is 0 Å². The van der Waals surface area contributed by atoms with Crippen molar-refractivity contribution in [2.45, 2.75) is 19.1 Å². The van der Waals surface area contributed by atoms with E-state index in [-0.39, 0.29) is 11.9 Å². The minimum absolute atomic E-state index is 0.293. The van der Waals surface area contributed by atoms with Crippen LogP contribution in [0.5, 0.6) is 0 Å². The van der Waals surface area contributed by atoms with E-state index in [1.54, 1.807) is 0 Å². The second kappa shape index (κ2) is 4.60.